The van der Waals surface area contributed by atoms with Gasteiger partial charge in [-0.15, -0.1) is 0 Å². The molecule has 2 rings (SSSR count). The molecule has 2 aromatic rings. The summed E-state index contributed by atoms with van der Waals surface area (Å²) in [5.74, 6) is -0.999. The molecule has 0 heterocycles. The van der Waals surface area contributed by atoms with E-state index in [1.165, 1.54) is 4.90 Å². The van der Waals surface area contributed by atoms with Crippen molar-refractivity contribution in [1.29, 1.82) is 0 Å². The van der Waals surface area contributed by atoms with Crippen LogP contribution in [0.3, 0.4) is 0 Å². The molecule has 1 atom stereocenters. The van der Waals surface area contributed by atoms with Crippen molar-refractivity contribution in [3.8, 4) is 0 Å². The van der Waals surface area contributed by atoms with Crippen LogP contribution < -0.4 is 10.2 Å². The Bertz CT molecular complexity index is 587. The minimum atomic E-state index is -0.999. The van der Waals surface area contributed by atoms with E-state index in [2.05, 4.69) is 5.32 Å². The number of benzene rings is 2. The van der Waals surface area contributed by atoms with Gasteiger partial charge in [0, 0.05) is 11.4 Å². The van der Waals surface area contributed by atoms with Crippen molar-refractivity contribution in [2.75, 3.05) is 16.8 Å². The van der Waals surface area contributed by atoms with Gasteiger partial charge in [-0.3, -0.25) is 9.59 Å². The molecule has 0 saturated carbocycles. The number of carboxylic acids is 1. The number of hydrogen-bond acceptors (Lipinski definition) is 4. The number of hydrogen-bond donors (Lipinski definition) is 2. The molecule has 108 valence electrons. The second-order valence-corrected chi connectivity index (χ2v) is 4.45. The molecule has 1 unspecified atom stereocenters. The monoisotopic (exact) mass is 284 g/mol. The molecule has 0 aliphatic rings. The largest absolute Gasteiger partial charge is 0.480 e. The maximum Gasteiger partial charge on any atom is 0.323 e. The highest BCUT2D eigenvalue weighted by molar-refractivity contribution is 5.78. The number of anilines is 2. The van der Waals surface area contributed by atoms with Gasteiger partial charge >= 0.3 is 5.97 Å². The predicted molar refractivity (Wildman–Crippen MR) is 81.3 cm³/mol. The first-order valence-electron chi connectivity index (χ1n) is 6.51. The number of nitrogens with one attached hydrogen (secondary N) is 1. The van der Waals surface area contributed by atoms with Gasteiger partial charge in [0.25, 0.3) is 0 Å². The third-order valence-electron chi connectivity index (χ3n) is 2.95. The lowest BCUT2D eigenvalue weighted by molar-refractivity contribution is -0.135. The van der Waals surface area contributed by atoms with Crippen LogP contribution >= 0.6 is 0 Å². The highest BCUT2D eigenvalue weighted by Crippen LogP contribution is 2.17. The van der Waals surface area contributed by atoms with Crippen LogP contribution in [-0.4, -0.2) is 30.1 Å². The SMILES string of the molecule is O=CC(Nc1ccccc1)N(CC(=O)O)c1ccccc1. The Morgan fingerprint density at radius 2 is 1.67 bits per heavy atom. The van der Waals surface area contributed by atoms with Gasteiger partial charge in [0.05, 0.1) is 0 Å². The van der Waals surface area contributed by atoms with Gasteiger partial charge in [-0.2, -0.15) is 0 Å². The summed E-state index contributed by atoms with van der Waals surface area (Å²) < 4.78 is 0. The number of nitrogens with zero attached hydrogens (tertiary/aromatic N) is 1. The van der Waals surface area contributed by atoms with Crippen LogP contribution in [-0.2, 0) is 9.59 Å². The zero-order valence-electron chi connectivity index (χ0n) is 11.3. The van der Waals surface area contributed by atoms with E-state index >= 15 is 0 Å². The molecule has 0 amide bonds. The van der Waals surface area contributed by atoms with Gasteiger partial charge in [-0.1, -0.05) is 36.4 Å². The molecule has 2 N–H and O–H groups in total. The summed E-state index contributed by atoms with van der Waals surface area (Å²) >= 11 is 0. The standard InChI is InChI=1S/C16H16N2O3/c19-12-15(17-13-7-3-1-4-8-13)18(11-16(20)21)14-9-5-2-6-10-14/h1-10,12,15,17H,11H2,(H,20,21). The molecule has 21 heavy (non-hydrogen) atoms. The zero-order valence-corrected chi connectivity index (χ0v) is 11.3. The van der Waals surface area contributed by atoms with Gasteiger partial charge in [0.1, 0.15) is 6.54 Å². The Morgan fingerprint density at radius 1 is 1.10 bits per heavy atom. The van der Waals surface area contributed by atoms with Crippen molar-refractivity contribution in [1.82, 2.24) is 0 Å². The predicted octanol–water partition coefficient (Wildman–Crippen LogP) is 2.21. The number of carbonyl (C=O) groups excluding carboxylic acids is 1. The maximum absolute atomic E-state index is 11.4. The molecular weight excluding hydrogens is 268 g/mol. The lowest BCUT2D eigenvalue weighted by atomic mass is 10.2. The van der Waals surface area contributed by atoms with Gasteiger partial charge in [0.2, 0.25) is 0 Å². The van der Waals surface area contributed by atoms with Crippen molar-refractivity contribution in [2.45, 2.75) is 6.17 Å². The number of rotatable bonds is 7. The lowest BCUT2D eigenvalue weighted by Crippen LogP contribution is -2.45. The third kappa shape index (κ3) is 4.07. The Morgan fingerprint density at radius 3 is 2.19 bits per heavy atom. The molecule has 0 fully saturated rings. The maximum atomic E-state index is 11.4. The minimum absolute atomic E-state index is 0.271. The molecule has 0 aliphatic heterocycles. The Balaban J connectivity index is 2.25. The second kappa shape index (κ2) is 7.09. The van der Waals surface area contributed by atoms with Crippen LogP contribution in [0.25, 0.3) is 0 Å². The normalized spacial score (nSPS) is 11.4. The smallest absolute Gasteiger partial charge is 0.323 e. The van der Waals surface area contributed by atoms with Gasteiger partial charge in [-0.05, 0) is 24.3 Å². The van der Waals surface area contributed by atoms with E-state index < -0.39 is 12.1 Å². The molecule has 2 aromatic carbocycles. The van der Waals surface area contributed by atoms with Crippen LogP contribution in [0.2, 0.25) is 0 Å². The van der Waals surface area contributed by atoms with Crippen LogP contribution in [0.1, 0.15) is 0 Å². The number of para-hydroxylation sites is 2. The molecule has 0 saturated heterocycles. The van der Waals surface area contributed by atoms with Crippen LogP contribution in [0.5, 0.6) is 0 Å². The molecule has 0 aliphatic carbocycles. The van der Waals surface area contributed by atoms with Crippen LogP contribution in [0, 0.1) is 0 Å². The molecular formula is C16H16N2O3. The number of aliphatic carboxylic acids is 1. The van der Waals surface area contributed by atoms with E-state index in [0.29, 0.717) is 12.0 Å². The topological polar surface area (TPSA) is 69.6 Å². The van der Waals surface area contributed by atoms with E-state index in [4.69, 9.17) is 5.11 Å². The Kier molecular flexibility index (Phi) is 4.93. The van der Waals surface area contributed by atoms with Gasteiger partial charge < -0.3 is 15.3 Å². The lowest BCUT2D eigenvalue weighted by Gasteiger charge is -2.29. The Hall–Kier alpha value is -2.82. The van der Waals surface area contributed by atoms with E-state index in [1.54, 1.807) is 24.3 Å². The average Bonchev–Trinajstić information content (AvgIpc) is 2.52. The number of aldehydes is 1. The minimum Gasteiger partial charge on any atom is -0.480 e. The van der Waals surface area contributed by atoms with Crippen molar-refractivity contribution in [2.24, 2.45) is 0 Å². The first-order chi connectivity index (χ1) is 10.2. The summed E-state index contributed by atoms with van der Waals surface area (Å²) in [6.45, 7) is -0.271. The molecule has 0 bridgehead atoms. The molecule has 0 spiro atoms. The van der Waals surface area contributed by atoms with Crippen molar-refractivity contribution in [3.05, 3.63) is 60.7 Å². The second-order valence-electron chi connectivity index (χ2n) is 4.45. The zero-order chi connectivity index (χ0) is 15.1. The molecule has 0 aromatic heterocycles. The summed E-state index contributed by atoms with van der Waals surface area (Å²) in [7, 11) is 0. The first-order valence-corrected chi connectivity index (χ1v) is 6.51. The quantitative estimate of drug-likeness (QED) is 0.602. The highest BCUT2D eigenvalue weighted by atomic mass is 16.4. The van der Waals surface area contributed by atoms with E-state index in [9.17, 15) is 9.59 Å². The molecule has 5 heteroatoms. The van der Waals surface area contributed by atoms with Crippen LogP contribution in [0.4, 0.5) is 11.4 Å². The Labute approximate surface area is 122 Å². The summed E-state index contributed by atoms with van der Waals surface area (Å²) in [5.41, 5.74) is 1.42. The average molecular weight is 284 g/mol. The molecule has 5 nitrogen and oxygen atoms in total. The summed E-state index contributed by atoms with van der Waals surface area (Å²) in [6, 6.07) is 18.2. The fraction of sp³-hybridized carbons (Fsp3) is 0.125. The van der Waals surface area contributed by atoms with Crippen LogP contribution in [0.15, 0.2) is 60.7 Å². The van der Waals surface area contributed by atoms with E-state index in [-0.39, 0.29) is 6.54 Å². The first kappa shape index (κ1) is 14.6. The van der Waals surface area contributed by atoms with Gasteiger partial charge in [0.15, 0.2) is 12.5 Å². The van der Waals surface area contributed by atoms with E-state index in [0.717, 1.165) is 5.69 Å². The van der Waals surface area contributed by atoms with E-state index in [1.807, 2.05) is 36.4 Å². The fourth-order valence-corrected chi connectivity index (χ4v) is 2.01. The summed E-state index contributed by atoms with van der Waals surface area (Å²) in [5, 5.41) is 12.1. The van der Waals surface area contributed by atoms with Crippen molar-refractivity contribution in [3.63, 3.8) is 0 Å². The van der Waals surface area contributed by atoms with Crippen molar-refractivity contribution >= 4 is 23.6 Å². The van der Waals surface area contributed by atoms with Gasteiger partial charge in [-0.25, -0.2) is 0 Å². The van der Waals surface area contributed by atoms with Crippen molar-refractivity contribution < 1.29 is 14.7 Å². The third-order valence-corrected chi connectivity index (χ3v) is 2.95. The summed E-state index contributed by atoms with van der Waals surface area (Å²) in [4.78, 5) is 24.0. The number of carboxylic acid groups (broad SMARTS) is 1. The number of carbonyl (C=O) groups is 2. The molecule has 0 radical (unpaired) electrons. The highest BCUT2D eigenvalue weighted by Gasteiger charge is 2.20. The fourth-order valence-electron chi connectivity index (χ4n) is 2.01. The summed E-state index contributed by atoms with van der Waals surface area (Å²) in [6.07, 6.45) is -0.0611.